The third-order valence-corrected chi connectivity index (χ3v) is 7.00. The Balaban J connectivity index is 1.58. The second kappa shape index (κ2) is 13.9. The van der Waals surface area contributed by atoms with Gasteiger partial charge < -0.3 is 24.6 Å². The Hall–Kier alpha value is -3.72. The quantitative estimate of drug-likeness (QED) is 0.177. The minimum Gasteiger partial charge on any atom is -0.496 e. The summed E-state index contributed by atoms with van der Waals surface area (Å²) in [5.74, 6) is 1.04. The fourth-order valence-corrected chi connectivity index (χ4v) is 4.90. The van der Waals surface area contributed by atoms with Crippen LogP contribution in [-0.2, 0) is 16.1 Å². The minimum atomic E-state index is -0.976. The predicted octanol–water partition coefficient (Wildman–Crippen LogP) is 6.37. The molecular weight excluding hydrogens is 496 g/mol. The van der Waals surface area contributed by atoms with Gasteiger partial charge >= 0.3 is 6.16 Å². The van der Waals surface area contributed by atoms with Crippen molar-refractivity contribution in [2.45, 2.75) is 64.8 Å². The number of furan rings is 1. The van der Waals surface area contributed by atoms with E-state index in [1.807, 2.05) is 36.4 Å². The second-order valence-corrected chi connectivity index (χ2v) is 9.88. The van der Waals surface area contributed by atoms with Crippen LogP contribution in [0.3, 0.4) is 0 Å². The SMILES string of the molecule is CCCCN(CCCC)CCCCc1ccc(OC)c(C(c2cc3ccccc3o2)N2OC(=O)ON=C2N)c1. The molecule has 2 N–H and O–H groups in total. The van der Waals surface area contributed by atoms with E-state index >= 15 is 0 Å². The molecule has 1 atom stereocenters. The predicted molar refractivity (Wildman–Crippen MR) is 151 cm³/mol. The minimum absolute atomic E-state index is 0.105. The van der Waals surface area contributed by atoms with Crippen LogP contribution in [0.1, 0.15) is 75.3 Å². The molecule has 0 radical (unpaired) electrons. The average Bonchev–Trinajstić information content (AvgIpc) is 3.38. The first-order valence-electron chi connectivity index (χ1n) is 13.9. The van der Waals surface area contributed by atoms with Crippen LogP contribution in [0.4, 0.5) is 4.79 Å². The maximum Gasteiger partial charge on any atom is 0.560 e. The lowest BCUT2D eigenvalue weighted by atomic mass is 9.97. The van der Waals surface area contributed by atoms with Gasteiger partial charge in [-0.2, -0.15) is 9.86 Å². The molecule has 1 aliphatic rings. The highest BCUT2D eigenvalue weighted by atomic mass is 16.9. The van der Waals surface area contributed by atoms with E-state index in [9.17, 15) is 4.79 Å². The summed E-state index contributed by atoms with van der Waals surface area (Å²) >= 11 is 0. The number of carbonyl (C=O) groups excluding carboxylic acids is 1. The summed E-state index contributed by atoms with van der Waals surface area (Å²) in [6.45, 7) is 7.94. The van der Waals surface area contributed by atoms with Crippen LogP contribution in [0.5, 0.6) is 5.75 Å². The summed E-state index contributed by atoms with van der Waals surface area (Å²) in [6.07, 6.45) is 7.05. The van der Waals surface area contributed by atoms with Gasteiger partial charge in [-0.1, -0.05) is 51.0 Å². The van der Waals surface area contributed by atoms with Crippen molar-refractivity contribution >= 4 is 23.1 Å². The molecule has 9 nitrogen and oxygen atoms in total. The van der Waals surface area contributed by atoms with E-state index in [1.54, 1.807) is 7.11 Å². The number of methoxy groups -OCH3 is 1. The lowest BCUT2D eigenvalue weighted by molar-refractivity contribution is -0.116. The average molecular weight is 537 g/mol. The van der Waals surface area contributed by atoms with Crippen LogP contribution in [0.2, 0.25) is 0 Å². The summed E-state index contributed by atoms with van der Waals surface area (Å²) in [5.41, 5.74) is 8.72. The van der Waals surface area contributed by atoms with Gasteiger partial charge in [-0.05, 0) is 86.7 Å². The number of para-hydroxylation sites is 1. The lowest BCUT2D eigenvalue weighted by Gasteiger charge is -2.31. The zero-order valence-electron chi connectivity index (χ0n) is 23.2. The van der Waals surface area contributed by atoms with Gasteiger partial charge in [0.1, 0.15) is 17.1 Å². The molecule has 2 heterocycles. The Bertz CT molecular complexity index is 1220. The fraction of sp³-hybridized carbons (Fsp3) is 0.467. The van der Waals surface area contributed by atoms with Gasteiger partial charge in [0.2, 0.25) is 0 Å². The van der Waals surface area contributed by atoms with Crippen molar-refractivity contribution in [1.82, 2.24) is 9.96 Å². The molecule has 3 aromatic rings. The van der Waals surface area contributed by atoms with Crippen LogP contribution in [-0.4, -0.2) is 48.8 Å². The molecule has 0 fully saturated rings. The Morgan fingerprint density at radius 3 is 2.46 bits per heavy atom. The molecule has 2 aromatic carbocycles. The third-order valence-electron chi connectivity index (χ3n) is 7.00. The van der Waals surface area contributed by atoms with Gasteiger partial charge in [0.25, 0.3) is 5.96 Å². The van der Waals surface area contributed by atoms with Gasteiger partial charge in [0, 0.05) is 10.9 Å². The van der Waals surface area contributed by atoms with Crippen LogP contribution in [0, 0.1) is 0 Å². The van der Waals surface area contributed by atoms with Crippen LogP contribution < -0.4 is 10.5 Å². The summed E-state index contributed by atoms with van der Waals surface area (Å²) in [7, 11) is 1.61. The Morgan fingerprint density at radius 1 is 1.00 bits per heavy atom. The van der Waals surface area contributed by atoms with Crippen molar-refractivity contribution in [3.05, 3.63) is 65.4 Å². The second-order valence-electron chi connectivity index (χ2n) is 9.88. The number of hydroxylamine groups is 2. The normalized spacial score (nSPS) is 14.3. The van der Waals surface area contributed by atoms with E-state index in [-0.39, 0.29) is 5.96 Å². The lowest BCUT2D eigenvalue weighted by Crippen LogP contribution is -2.45. The van der Waals surface area contributed by atoms with E-state index in [2.05, 4.69) is 40.9 Å². The third kappa shape index (κ3) is 7.23. The number of guanidine groups is 1. The molecule has 0 saturated heterocycles. The molecule has 9 heteroatoms. The van der Waals surface area contributed by atoms with Crippen molar-refractivity contribution in [3.63, 3.8) is 0 Å². The molecule has 210 valence electrons. The first-order chi connectivity index (χ1) is 19.0. The Kier molecular flexibility index (Phi) is 10.1. The van der Waals surface area contributed by atoms with Crippen molar-refractivity contribution in [3.8, 4) is 5.75 Å². The number of hydrogen-bond acceptors (Lipinski definition) is 9. The Morgan fingerprint density at radius 2 is 1.74 bits per heavy atom. The van der Waals surface area contributed by atoms with E-state index in [0.717, 1.165) is 42.3 Å². The Labute approximate surface area is 230 Å². The zero-order valence-corrected chi connectivity index (χ0v) is 23.2. The molecule has 1 unspecified atom stereocenters. The number of nitrogens with zero attached hydrogens (tertiary/aromatic N) is 3. The number of oxime groups is 1. The smallest absolute Gasteiger partial charge is 0.496 e. The molecule has 4 rings (SSSR count). The standard InChI is InChI=1S/C30H40N4O5/c1-4-6-17-33(18-7-5-2)19-11-10-12-22-15-16-26(36-3)24(20-22)28(34-29(31)32-38-30(35)39-34)27-21-23-13-8-9-14-25(23)37-27/h8-9,13-16,20-21,28H,4-7,10-12,17-19H2,1-3H3,(H2,31,32). The summed E-state index contributed by atoms with van der Waals surface area (Å²) < 4.78 is 11.9. The highest BCUT2D eigenvalue weighted by molar-refractivity contribution is 5.82. The molecule has 0 aliphatic carbocycles. The molecule has 1 aromatic heterocycles. The summed E-state index contributed by atoms with van der Waals surface area (Å²) in [4.78, 5) is 24.6. The summed E-state index contributed by atoms with van der Waals surface area (Å²) in [5, 5.41) is 5.80. The summed E-state index contributed by atoms with van der Waals surface area (Å²) in [6, 6.07) is 14.9. The van der Waals surface area contributed by atoms with Gasteiger partial charge in [0.05, 0.1) is 7.11 Å². The van der Waals surface area contributed by atoms with Crippen molar-refractivity contribution in [2.24, 2.45) is 10.9 Å². The first-order valence-corrected chi connectivity index (χ1v) is 13.9. The van der Waals surface area contributed by atoms with Crippen molar-refractivity contribution in [2.75, 3.05) is 26.7 Å². The number of rotatable bonds is 15. The number of aryl methyl sites for hydroxylation is 1. The van der Waals surface area contributed by atoms with E-state index in [1.165, 1.54) is 43.8 Å². The molecular formula is C30H40N4O5. The highest BCUT2D eigenvalue weighted by Gasteiger charge is 2.36. The highest BCUT2D eigenvalue weighted by Crippen LogP contribution is 2.39. The fourth-order valence-electron chi connectivity index (χ4n) is 4.90. The van der Waals surface area contributed by atoms with Gasteiger partial charge in [0.15, 0.2) is 6.04 Å². The maximum absolute atomic E-state index is 12.0. The first kappa shape index (κ1) is 28.3. The van der Waals surface area contributed by atoms with E-state index in [0.29, 0.717) is 17.1 Å². The number of nitrogens with two attached hydrogens (primary N) is 1. The molecule has 1 aliphatic heterocycles. The van der Waals surface area contributed by atoms with Gasteiger partial charge in [-0.3, -0.25) is 4.84 Å². The van der Waals surface area contributed by atoms with Crippen molar-refractivity contribution < 1.29 is 23.6 Å². The van der Waals surface area contributed by atoms with Gasteiger partial charge in [-0.15, -0.1) is 0 Å². The number of ether oxygens (including phenoxy) is 1. The monoisotopic (exact) mass is 536 g/mol. The molecule has 0 saturated carbocycles. The maximum atomic E-state index is 12.0. The van der Waals surface area contributed by atoms with Crippen molar-refractivity contribution in [1.29, 1.82) is 0 Å². The molecule has 0 spiro atoms. The van der Waals surface area contributed by atoms with Crippen LogP contribution in [0.15, 0.2) is 58.1 Å². The molecule has 0 amide bonds. The number of carbonyl (C=O) groups is 1. The number of unbranched alkanes of at least 4 members (excludes halogenated alkanes) is 3. The van der Waals surface area contributed by atoms with Gasteiger partial charge in [-0.25, -0.2) is 0 Å². The topological polar surface area (TPSA) is 103 Å². The van der Waals surface area contributed by atoms with Crippen LogP contribution >= 0.6 is 0 Å². The molecule has 0 bridgehead atoms. The number of benzene rings is 2. The van der Waals surface area contributed by atoms with E-state index in [4.69, 9.17) is 19.7 Å². The largest absolute Gasteiger partial charge is 0.560 e. The zero-order chi connectivity index (χ0) is 27.6. The van der Waals surface area contributed by atoms with E-state index < -0.39 is 12.2 Å². The number of fused-ring (bicyclic) bond motifs is 1. The molecule has 39 heavy (non-hydrogen) atoms. The number of hydrogen-bond donors (Lipinski definition) is 1. The van der Waals surface area contributed by atoms with Crippen LogP contribution in [0.25, 0.3) is 11.0 Å².